The topological polar surface area (TPSA) is 64.7 Å². The molecule has 4 rings (SSSR count). The highest BCUT2D eigenvalue weighted by atomic mass is 14.8. The molecule has 4 aromatic rings. The molecular weight excluding hydrogens is 308 g/mol. The lowest BCUT2D eigenvalue weighted by atomic mass is 9.97. The maximum atomic E-state index is 5.96. The third-order valence-electron chi connectivity index (χ3n) is 4.39. The summed E-state index contributed by atoms with van der Waals surface area (Å²) in [5.74, 6) is 0.514. The molecule has 2 N–H and O–H groups in total. The number of pyridine rings is 1. The zero-order valence-corrected chi connectivity index (χ0v) is 14.2. The monoisotopic (exact) mass is 326 g/mol. The molecule has 2 heterocycles. The molecule has 2 aromatic heterocycles. The van der Waals surface area contributed by atoms with Crippen LogP contribution in [0.3, 0.4) is 0 Å². The van der Waals surface area contributed by atoms with Crippen LogP contribution in [0.15, 0.2) is 60.9 Å². The van der Waals surface area contributed by atoms with E-state index in [-0.39, 0.29) is 0 Å². The lowest BCUT2D eigenvalue weighted by Gasteiger charge is -2.11. The summed E-state index contributed by atoms with van der Waals surface area (Å²) in [5.41, 5.74) is 13.1. The van der Waals surface area contributed by atoms with Crippen molar-refractivity contribution < 1.29 is 0 Å². The van der Waals surface area contributed by atoms with Crippen molar-refractivity contribution in [2.45, 2.75) is 13.8 Å². The van der Waals surface area contributed by atoms with E-state index in [0.29, 0.717) is 5.82 Å². The molecule has 0 spiro atoms. The van der Waals surface area contributed by atoms with Gasteiger partial charge < -0.3 is 5.73 Å². The Bertz CT molecular complexity index is 1070. The van der Waals surface area contributed by atoms with Crippen molar-refractivity contribution in [3.05, 3.63) is 72.2 Å². The number of aryl methyl sites for hydroxylation is 2. The maximum Gasteiger partial charge on any atom is 0.124 e. The fourth-order valence-electron chi connectivity index (χ4n) is 2.99. The zero-order chi connectivity index (χ0) is 17.4. The molecule has 0 aliphatic rings. The molecule has 0 aliphatic heterocycles. The van der Waals surface area contributed by atoms with Gasteiger partial charge in [0.25, 0.3) is 0 Å². The molecular formula is C21H18N4. The number of hydrogen-bond acceptors (Lipinski definition) is 4. The predicted octanol–water partition coefficient (Wildman–Crippen LogP) is 4.56. The van der Waals surface area contributed by atoms with Gasteiger partial charge in [-0.15, -0.1) is 0 Å². The Morgan fingerprint density at radius 1 is 0.800 bits per heavy atom. The number of hydrogen-bond donors (Lipinski definition) is 1. The molecule has 122 valence electrons. The second-order valence-corrected chi connectivity index (χ2v) is 6.19. The van der Waals surface area contributed by atoms with Crippen molar-refractivity contribution in [2.24, 2.45) is 0 Å². The summed E-state index contributed by atoms with van der Waals surface area (Å²) in [7, 11) is 0. The number of nitrogens with two attached hydrogens (primary N) is 1. The summed E-state index contributed by atoms with van der Waals surface area (Å²) < 4.78 is 0. The van der Waals surface area contributed by atoms with Crippen LogP contribution in [-0.2, 0) is 0 Å². The van der Waals surface area contributed by atoms with Gasteiger partial charge in [0.15, 0.2) is 0 Å². The van der Waals surface area contributed by atoms with Crippen LogP contribution in [0.2, 0.25) is 0 Å². The van der Waals surface area contributed by atoms with Crippen molar-refractivity contribution in [1.82, 2.24) is 15.0 Å². The predicted molar refractivity (Wildman–Crippen MR) is 102 cm³/mol. The van der Waals surface area contributed by atoms with Crippen molar-refractivity contribution >= 4 is 16.7 Å². The van der Waals surface area contributed by atoms with Crippen molar-refractivity contribution in [3.63, 3.8) is 0 Å². The summed E-state index contributed by atoms with van der Waals surface area (Å²) >= 11 is 0. The van der Waals surface area contributed by atoms with Crippen LogP contribution < -0.4 is 5.73 Å². The fourth-order valence-corrected chi connectivity index (χ4v) is 2.99. The quantitative estimate of drug-likeness (QED) is 0.586. The van der Waals surface area contributed by atoms with Crippen LogP contribution in [0.1, 0.15) is 11.3 Å². The van der Waals surface area contributed by atoms with Crippen molar-refractivity contribution in [2.75, 3.05) is 5.73 Å². The molecule has 0 saturated carbocycles. The normalized spacial score (nSPS) is 11.0. The standard InChI is InChI=1S/C21H18N4/c1-13-3-5-15(6-4-13)21-17(8-10-20(22)25-21)16-7-9-19-18(11-16)14(2)23-12-24-19/h3-12H,1-2H3,(H2,22,25). The van der Waals surface area contributed by atoms with Crippen LogP contribution in [-0.4, -0.2) is 15.0 Å². The summed E-state index contributed by atoms with van der Waals surface area (Å²) in [6.45, 7) is 4.07. The Morgan fingerprint density at radius 2 is 1.56 bits per heavy atom. The first-order valence-electron chi connectivity index (χ1n) is 8.17. The molecule has 2 aromatic carbocycles. The second kappa shape index (κ2) is 5.98. The smallest absolute Gasteiger partial charge is 0.124 e. The van der Waals surface area contributed by atoms with E-state index in [9.17, 15) is 0 Å². The van der Waals surface area contributed by atoms with Crippen LogP contribution in [0.4, 0.5) is 5.82 Å². The average Bonchev–Trinajstić information content (AvgIpc) is 2.62. The average molecular weight is 326 g/mol. The van der Waals surface area contributed by atoms with Gasteiger partial charge in [-0.1, -0.05) is 35.9 Å². The minimum atomic E-state index is 0.514. The lowest BCUT2D eigenvalue weighted by Crippen LogP contribution is -1.96. The van der Waals surface area contributed by atoms with E-state index in [1.165, 1.54) is 5.56 Å². The number of fused-ring (bicyclic) bond motifs is 1. The van der Waals surface area contributed by atoms with Gasteiger partial charge in [0, 0.05) is 22.2 Å². The maximum absolute atomic E-state index is 5.96. The highest BCUT2D eigenvalue weighted by Crippen LogP contribution is 2.33. The molecule has 0 radical (unpaired) electrons. The van der Waals surface area contributed by atoms with Gasteiger partial charge in [-0.05, 0) is 43.7 Å². The van der Waals surface area contributed by atoms with Gasteiger partial charge in [0.05, 0.1) is 11.2 Å². The number of anilines is 1. The number of benzene rings is 2. The van der Waals surface area contributed by atoms with Crippen LogP contribution in [0, 0.1) is 13.8 Å². The van der Waals surface area contributed by atoms with E-state index in [4.69, 9.17) is 5.73 Å². The third kappa shape index (κ3) is 2.83. The van der Waals surface area contributed by atoms with Crippen molar-refractivity contribution in [3.8, 4) is 22.4 Å². The SMILES string of the molecule is Cc1ccc(-c2nc(N)ccc2-c2ccc3ncnc(C)c3c2)cc1. The van der Waals surface area contributed by atoms with Crippen molar-refractivity contribution in [1.29, 1.82) is 0 Å². The minimum absolute atomic E-state index is 0.514. The number of aromatic nitrogens is 3. The van der Waals surface area contributed by atoms with E-state index < -0.39 is 0 Å². The Labute approximate surface area is 146 Å². The van der Waals surface area contributed by atoms with Gasteiger partial charge in [-0.3, -0.25) is 0 Å². The Morgan fingerprint density at radius 3 is 2.36 bits per heavy atom. The van der Waals surface area contributed by atoms with E-state index in [2.05, 4.69) is 58.3 Å². The van der Waals surface area contributed by atoms with E-state index in [0.717, 1.165) is 39.0 Å². The lowest BCUT2D eigenvalue weighted by molar-refractivity contribution is 1.15. The summed E-state index contributed by atoms with van der Waals surface area (Å²) in [5, 5.41) is 1.05. The molecule has 0 amide bonds. The molecule has 0 unspecified atom stereocenters. The molecule has 4 nitrogen and oxygen atoms in total. The van der Waals surface area contributed by atoms with Gasteiger partial charge in [0.1, 0.15) is 12.1 Å². The number of nitrogen functional groups attached to an aromatic ring is 1. The number of rotatable bonds is 2. The molecule has 0 aliphatic carbocycles. The Kier molecular flexibility index (Phi) is 3.65. The summed E-state index contributed by atoms with van der Waals surface area (Å²) in [6, 6.07) is 18.4. The van der Waals surface area contributed by atoms with Gasteiger partial charge >= 0.3 is 0 Å². The molecule has 0 bridgehead atoms. The fraction of sp³-hybridized carbons (Fsp3) is 0.0952. The molecule has 4 heteroatoms. The van der Waals surface area contributed by atoms with Crippen LogP contribution >= 0.6 is 0 Å². The van der Waals surface area contributed by atoms with Crippen LogP contribution in [0.5, 0.6) is 0 Å². The van der Waals surface area contributed by atoms with E-state index >= 15 is 0 Å². The number of nitrogens with zero attached hydrogens (tertiary/aromatic N) is 3. The van der Waals surface area contributed by atoms with E-state index in [1.54, 1.807) is 6.33 Å². The highest BCUT2D eigenvalue weighted by Gasteiger charge is 2.11. The first-order chi connectivity index (χ1) is 12.1. The molecule has 25 heavy (non-hydrogen) atoms. The highest BCUT2D eigenvalue weighted by molar-refractivity contribution is 5.89. The summed E-state index contributed by atoms with van der Waals surface area (Å²) in [4.78, 5) is 13.2. The van der Waals surface area contributed by atoms with Crippen LogP contribution in [0.25, 0.3) is 33.3 Å². The third-order valence-corrected chi connectivity index (χ3v) is 4.39. The first kappa shape index (κ1) is 15.3. The molecule has 0 saturated heterocycles. The largest absolute Gasteiger partial charge is 0.384 e. The molecule has 0 atom stereocenters. The Balaban J connectivity index is 1.94. The Hall–Kier alpha value is -3.27. The summed E-state index contributed by atoms with van der Waals surface area (Å²) in [6.07, 6.45) is 1.60. The zero-order valence-electron chi connectivity index (χ0n) is 14.2. The second-order valence-electron chi connectivity index (χ2n) is 6.19. The first-order valence-corrected chi connectivity index (χ1v) is 8.17. The van der Waals surface area contributed by atoms with Gasteiger partial charge in [-0.2, -0.15) is 0 Å². The van der Waals surface area contributed by atoms with E-state index in [1.807, 2.05) is 25.1 Å². The molecule has 0 fully saturated rings. The minimum Gasteiger partial charge on any atom is -0.384 e. The van der Waals surface area contributed by atoms with Gasteiger partial charge in [-0.25, -0.2) is 15.0 Å². The van der Waals surface area contributed by atoms with Gasteiger partial charge in [0.2, 0.25) is 0 Å².